The molecule has 0 aromatic heterocycles. The molecule has 1 aromatic rings. The average molecular weight is 281 g/mol. The summed E-state index contributed by atoms with van der Waals surface area (Å²) in [6.45, 7) is -0.0976. The van der Waals surface area contributed by atoms with E-state index in [1.807, 2.05) is 0 Å². The summed E-state index contributed by atoms with van der Waals surface area (Å²) < 4.78 is 10.2. The first-order valence-corrected chi connectivity index (χ1v) is 5.90. The Morgan fingerprint density at radius 1 is 1.20 bits per heavy atom. The Labute approximate surface area is 117 Å². The third-order valence-electron chi connectivity index (χ3n) is 2.70. The molecule has 0 saturated carbocycles. The third-order valence-corrected chi connectivity index (χ3v) is 2.70. The molecule has 0 aliphatic carbocycles. The summed E-state index contributed by atoms with van der Waals surface area (Å²) in [6.07, 6.45) is 0. The number of carbonyl (C=O) groups is 2. The lowest BCUT2D eigenvalue weighted by Crippen LogP contribution is -2.36. The highest BCUT2D eigenvalue weighted by Crippen LogP contribution is 2.31. The van der Waals surface area contributed by atoms with E-state index in [-0.39, 0.29) is 23.7 Å². The summed E-state index contributed by atoms with van der Waals surface area (Å²) >= 11 is 0. The number of benzene rings is 1. The summed E-state index contributed by atoms with van der Waals surface area (Å²) in [5.74, 6) is 0.174. The van der Waals surface area contributed by atoms with E-state index in [2.05, 4.69) is 5.32 Å². The van der Waals surface area contributed by atoms with Gasteiger partial charge in [0.25, 0.3) is 5.91 Å². The van der Waals surface area contributed by atoms with Gasteiger partial charge >= 0.3 is 0 Å². The lowest BCUT2D eigenvalue weighted by atomic mass is 10.1. The summed E-state index contributed by atoms with van der Waals surface area (Å²) in [5, 5.41) is 2.50. The number of hydrogen-bond acceptors (Lipinski definition) is 5. The molecule has 1 aromatic carbocycles. The molecule has 0 spiro atoms. The van der Waals surface area contributed by atoms with Crippen LogP contribution in [0.15, 0.2) is 12.1 Å². The molecule has 0 saturated heterocycles. The van der Waals surface area contributed by atoms with E-state index in [1.54, 1.807) is 14.1 Å². The maximum Gasteiger partial charge on any atom is 0.253 e. The van der Waals surface area contributed by atoms with Gasteiger partial charge in [0.2, 0.25) is 5.91 Å². The zero-order valence-electron chi connectivity index (χ0n) is 12.0. The van der Waals surface area contributed by atoms with Crippen LogP contribution >= 0.6 is 0 Å². The molecule has 20 heavy (non-hydrogen) atoms. The predicted octanol–water partition coefficient (Wildman–Crippen LogP) is 0.104. The first kappa shape index (κ1) is 15.6. The van der Waals surface area contributed by atoms with Gasteiger partial charge in [0.15, 0.2) is 11.5 Å². The van der Waals surface area contributed by atoms with Crippen molar-refractivity contribution in [3.63, 3.8) is 0 Å². The zero-order valence-corrected chi connectivity index (χ0v) is 12.0. The van der Waals surface area contributed by atoms with Crippen molar-refractivity contribution >= 4 is 17.5 Å². The molecule has 0 heterocycles. The van der Waals surface area contributed by atoms with Crippen molar-refractivity contribution in [3.8, 4) is 11.5 Å². The molecular formula is C13H19N3O4. The Morgan fingerprint density at radius 3 is 2.25 bits per heavy atom. The number of ether oxygens (including phenoxy) is 2. The quantitative estimate of drug-likeness (QED) is 0.747. The van der Waals surface area contributed by atoms with Crippen LogP contribution in [-0.2, 0) is 4.79 Å². The Morgan fingerprint density at radius 2 is 1.75 bits per heavy atom. The largest absolute Gasteiger partial charge is 0.493 e. The van der Waals surface area contributed by atoms with E-state index in [1.165, 1.54) is 31.3 Å². The monoisotopic (exact) mass is 281 g/mol. The number of nitrogens with one attached hydrogen (secondary N) is 1. The van der Waals surface area contributed by atoms with Crippen LogP contribution in [0.1, 0.15) is 10.4 Å². The molecule has 1 rings (SSSR count). The molecular weight excluding hydrogens is 262 g/mol. The number of nitrogens with zero attached hydrogens (tertiary/aromatic N) is 1. The van der Waals surface area contributed by atoms with E-state index in [4.69, 9.17) is 15.2 Å². The van der Waals surface area contributed by atoms with Crippen LogP contribution in [0.4, 0.5) is 5.69 Å². The van der Waals surface area contributed by atoms with E-state index >= 15 is 0 Å². The molecule has 0 unspecified atom stereocenters. The normalized spacial score (nSPS) is 9.80. The van der Waals surface area contributed by atoms with Crippen LogP contribution in [0.25, 0.3) is 0 Å². The van der Waals surface area contributed by atoms with Crippen molar-refractivity contribution in [2.75, 3.05) is 40.6 Å². The highest BCUT2D eigenvalue weighted by Gasteiger charge is 2.16. The van der Waals surface area contributed by atoms with Gasteiger partial charge in [-0.3, -0.25) is 9.59 Å². The second kappa shape index (κ2) is 6.65. The molecule has 3 N–H and O–H groups in total. The van der Waals surface area contributed by atoms with Crippen LogP contribution in [-0.4, -0.2) is 51.6 Å². The number of nitrogens with two attached hydrogens (primary N) is 1. The van der Waals surface area contributed by atoms with Crippen LogP contribution in [0.2, 0.25) is 0 Å². The van der Waals surface area contributed by atoms with Gasteiger partial charge < -0.3 is 25.4 Å². The SMILES string of the molecule is COc1cc(N)c(C(=O)NCC(=O)N(C)C)cc1OC. The first-order chi connectivity index (χ1) is 9.40. The minimum atomic E-state index is -0.446. The molecule has 0 bridgehead atoms. The lowest BCUT2D eigenvalue weighted by molar-refractivity contribution is -0.127. The molecule has 0 aliphatic rings. The third kappa shape index (κ3) is 3.53. The van der Waals surface area contributed by atoms with Crippen molar-refractivity contribution in [3.05, 3.63) is 17.7 Å². The fourth-order valence-electron chi connectivity index (χ4n) is 1.50. The van der Waals surface area contributed by atoms with Crippen molar-refractivity contribution in [1.82, 2.24) is 10.2 Å². The van der Waals surface area contributed by atoms with Crippen LogP contribution < -0.4 is 20.5 Å². The molecule has 0 aliphatic heterocycles. The number of hydrogen-bond donors (Lipinski definition) is 2. The number of carbonyl (C=O) groups excluding carboxylic acids is 2. The van der Waals surface area contributed by atoms with Gasteiger partial charge in [-0.05, 0) is 6.07 Å². The van der Waals surface area contributed by atoms with Gasteiger partial charge in [-0.1, -0.05) is 0 Å². The van der Waals surface area contributed by atoms with Crippen LogP contribution in [0.5, 0.6) is 11.5 Å². The maximum atomic E-state index is 12.0. The molecule has 0 fully saturated rings. The maximum absolute atomic E-state index is 12.0. The van der Waals surface area contributed by atoms with Gasteiger partial charge in [-0.15, -0.1) is 0 Å². The molecule has 7 heteroatoms. The molecule has 2 amide bonds. The minimum Gasteiger partial charge on any atom is -0.493 e. The summed E-state index contributed by atoms with van der Waals surface area (Å²) in [5.41, 5.74) is 6.27. The minimum absolute atomic E-state index is 0.0976. The smallest absolute Gasteiger partial charge is 0.253 e. The zero-order chi connectivity index (χ0) is 15.3. The van der Waals surface area contributed by atoms with E-state index < -0.39 is 5.91 Å². The first-order valence-electron chi connectivity index (χ1n) is 5.90. The molecule has 0 radical (unpaired) electrons. The van der Waals surface area contributed by atoms with Crippen molar-refractivity contribution in [2.24, 2.45) is 0 Å². The number of rotatable bonds is 5. The molecule has 0 atom stereocenters. The topological polar surface area (TPSA) is 93.9 Å². The highest BCUT2D eigenvalue weighted by molar-refractivity contribution is 6.01. The van der Waals surface area contributed by atoms with Gasteiger partial charge in [0.1, 0.15) is 0 Å². The fraction of sp³-hybridized carbons (Fsp3) is 0.385. The molecule has 110 valence electrons. The van der Waals surface area contributed by atoms with E-state index in [0.29, 0.717) is 11.5 Å². The van der Waals surface area contributed by atoms with Gasteiger partial charge in [0.05, 0.1) is 26.3 Å². The second-order valence-electron chi connectivity index (χ2n) is 4.27. The summed E-state index contributed by atoms with van der Waals surface area (Å²) in [4.78, 5) is 24.8. The van der Waals surface area contributed by atoms with Gasteiger partial charge in [0, 0.05) is 25.8 Å². The average Bonchev–Trinajstić information content (AvgIpc) is 2.43. The number of anilines is 1. The van der Waals surface area contributed by atoms with Crippen molar-refractivity contribution < 1.29 is 19.1 Å². The van der Waals surface area contributed by atoms with Crippen LogP contribution in [0, 0.1) is 0 Å². The standard InChI is InChI=1S/C13H19N3O4/c1-16(2)12(17)7-15-13(18)8-5-10(19-3)11(20-4)6-9(8)14/h5-6H,7,14H2,1-4H3,(H,15,18). The predicted molar refractivity (Wildman–Crippen MR) is 75.0 cm³/mol. The Kier molecular flexibility index (Phi) is 5.19. The Balaban J connectivity index is 2.90. The Hall–Kier alpha value is -2.44. The number of methoxy groups -OCH3 is 2. The molecule has 7 nitrogen and oxygen atoms in total. The van der Waals surface area contributed by atoms with Crippen molar-refractivity contribution in [2.45, 2.75) is 0 Å². The second-order valence-corrected chi connectivity index (χ2v) is 4.27. The number of amides is 2. The van der Waals surface area contributed by atoms with Gasteiger partial charge in [-0.2, -0.15) is 0 Å². The Bertz CT molecular complexity index is 515. The highest BCUT2D eigenvalue weighted by atomic mass is 16.5. The van der Waals surface area contributed by atoms with Gasteiger partial charge in [-0.25, -0.2) is 0 Å². The summed E-state index contributed by atoms with van der Waals surface area (Å²) in [6, 6.07) is 2.98. The number of likely N-dealkylation sites (N-methyl/N-ethyl adjacent to an activating group) is 1. The van der Waals surface area contributed by atoms with E-state index in [9.17, 15) is 9.59 Å². The van der Waals surface area contributed by atoms with Crippen molar-refractivity contribution in [1.29, 1.82) is 0 Å². The number of nitrogen functional groups attached to an aromatic ring is 1. The lowest BCUT2D eigenvalue weighted by Gasteiger charge is -2.14. The van der Waals surface area contributed by atoms with E-state index in [0.717, 1.165) is 0 Å². The fourth-order valence-corrected chi connectivity index (χ4v) is 1.50. The summed E-state index contributed by atoms with van der Waals surface area (Å²) in [7, 11) is 6.16. The van der Waals surface area contributed by atoms with Crippen LogP contribution in [0.3, 0.4) is 0 Å².